The molecule has 1 saturated heterocycles. The van der Waals surface area contributed by atoms with Crippen LogP contribution in [0.15, 0.2) is 36.4 Å². The van der Waals surface area contributed by atoms with Gasteiger partial charge in [-0.25, -0.2) is 0 Å². The molecule has 0 N–H and O–H groups in total. The first-order chi connectivity index (χ1) is 10.3. The van der Waals surface area contributed by atoms with E-state index in [0.29, 0.717) is 5.78 Å². The first kappa shape index (κ1) is 14.8. The number of hydrogen-bond acceptors (Lipinski definition) is 2. The van der Waals surface area contributed by atoms with Crippen molar-refractivity contribution in [3.05, 3.63) is 47.0 Å². The van der Waals surface area contributed by atoms with Crippen LogP contribution in [0.3, 0.4) is 0 Å². The average Bonchev–Trinajstić information content (AvgIpc) is 2.55. The van der Waals surface area contributed by atoms with E-state index in [1.54, 1.807) is 0 Å². The molecule has 3 rings (SSSR count). The number of Topliss-reactive ketones (excluding diaryl/α,β-unsaturated/α-hetero) is 1. The van der Waals surface area contributed by atoms with E-state index >= 15 is 0 Å². The van der Waals surface area contributed by atoms with Gasteiger partial charge >= 0.3 is 0 Å². The number of halogens is 1. The lowest BCUT2D eigenvalue weighted by atomic mass is 9.72. The Hall–Kier alpha value is -1.12. The van der Waals surface area contributed by atoms with E-state index in [-0.39, 0.29) is 17.8 Å². The number of carbonyl (C=O) groups is 1. The van der Waals surface area contributed by atoms with Gasteiger partial charge in [-0.2, -0.15) is 0 Å². The summed E-state index contributed by atoms with van der Waals surface area (Å²) in [5.74, 6) is 0.963. The molecule has 2 nitrogen and oxygen atoms in total. The molecule has 3 heteroatoms. The highest BCUT2D eigenvalue weighted by Crippen LogP contribution is 2.38. The SMILES string of the molecule is O=C(C1CCOCC1)C1CC=CC[C@@H]1c1cccc(Cl)c1. The van der Waals surface area contributed by atoms with Gasteiger partial charge in [-0.15, -0.1) is 0 Å². The van der Waals surface area contributed by atoms with Gasteiger partial charge < -0.3 is 4.74 Å². The average molecular weight is 305 g/mol. The van der Waals surface area contributed by atoms with Crippen molar-refractivity contribution in [3.63, 3.8) is 0 Å². The Bertz CT molecular complexity index is 532. The molecule has 0 bridgehead atoms. The zero-order valence-corrected chi connectivity index (χ0v) is 12.9. The molecule has 1 heterocycles. The van der Waals surface area contributed by atoms with Gasteiger partial charge in [-0.1, -0.05) is 35.9 Å². The summed E-state index contributed by atoms with van der Waals surface area (Å²) < 4.78 is 5.38. The van der Waals surface area contributed by atoms with Gasteiger partial charge in [0.1, 0.15) is 5.78 Å². The number of carbonyl (C=O) groups excluding carboxylic acids is 1. The Labute approximate surface area is 131 Å². The monoisotopic (exact) mass is 304 g/mol. The lowest BCUT2D eigenvalue weighted by Gasteiger charge is -2.32. The molecule has 0 spiro atoms. The predicted molar refractivity (Wildman–Crippen MR) is 84.6 cm³/mol. The molecule has 1 aromatic rings. The van der Waals surface area contributed by atoms with Crippen LogP contribution in [0.2, 0.25) is 5.02 Å². The summed E-state index contributed by atoms with van der Waals surface area (Å²) >= 11 is 6.12. The highest BCUT2D eigenvalue weighted by atomic mass is 35.5. The van der Waals surface area contributed by atoms with Crippen molar-refractivity contribution >= 4 is 17.4 Å². The van der Waals surface area contributed by atoms with Crippen molar-refractivity contribution < 1.29 is 9.53 Å². The summed E-state index contributed by atoms with van der Waals surface area (Å²) in [5, 5.41) is 0.749. The first-order valence-corrected chi connectivity index (χ1v) is 8.15. The summed E-state index contributed by atoms with van der Waals surface area (Å²) in [6.07, 6.45) is 7.89. The molecule has 0 radical (unpaired) electrons. The number of allylic oxidation sites excluding steroid dienone is 2. The van der Waals surface area contributed by atoms with Crippen LogP contribution >= 0.6 is 11.6 Å². The standard InChI is InChI=1S/C18H21ClO2/c19-15-5-3-4-14(12-15)16-6-1-2-7-17(16)18(20)13-8-10-21-11-9-13/h1-5,12-13,16-17H,6-11H2/t16-,17?/m1/s1. The van der Waals surface area contributed by atoms with Crippen LogP contribution in [0, 0.1) is 11.8 Å². The van der Waals surface area contributed by atoms with Crippen LogP contribution in [0.5, 0.6) is 0 Å². The Morgan fingerprint density at radius 2 is 1.90 bits per heavy atom. The fourth-order valence-electron chi connectivity index (χ4n) is 3.52. The van der Waals surface area contributed by atoms with Gasteiger partial charge in [0.05, 0.1) is 0 Å². The van der Waals surface area contributed by atoms with Gasteiger partial charge in [0.2, 0.25) is 0 Å². The third kappa shape index (κ3) is 3.38. The maximum absolute atomic E-state index is 12.9. The molecule has 0 saturated carbocycles. The van der Waals surface area contributed by atoms with Crippen LogP contribution in [0.1, 0.15) is 37.2 Å². The Morgan fingerprint density at radius 1 is 1.14 bits per heavy atom. The molecule has 21 heavy (non-hydrogen) atoms. The van der Waals surface area contributed by atoms with Crippen molar-refractivity contribution in [3.8, 4) is 0 Å². The van der Waals surface area contributed by atoms with Gasteiger partial charge in [0.25, 0.3) is 0 Å². The molecule has 0 amide bonds. The van der Waals surface area contributed by atoms with E-state index in [1.165, 1.54) is 5.56 Å². The Balaban J connectivity index is 1.81. The topological polar surface area (TPSA) is 26.3 Å². The van der Waals surface area contributed by atoms with E-state index in [2.05, 4.69) is 18.2 Å². The fourth-order valence-corrected chi connectivity index (χ4v) is 3.72. The van der Waals surface area contributed by atoms with Gasteiger partial charge in [-0.3, -0.25) is 4.79 Å². The molecule has 1 fully saturated rings. The number of ketones is 1. The first-order valence-electron chi connectivity index (χ1n) is 7.77. The summed E-state index contributed by atoms with van der Waals surface area (Å²) in [6.45, 7) is 1.45. The molecule has 1 unspecified atom stereocenters. The van der Waals surface area contributed by atoms with Crippen LogP contribution in [-0.2, 0) is 9.53 Å². The number of hydrogen-bond donors (Lipinski definition) is 0. The van der Waals surface area contributed by atoms with Crippen molar-refractivity contribution in [1.29, 1.82) is 0 Å². The molecule has 1 aliphatic heterocycles. The second-order valence-electron chi connectivity index (χ2n) is 6.00. The third-order valence-corrected chi connectivity index (χ3v) is 4.93. The molecular formula is C18H21ClO2. The van der Waals surface area contributed by atoms with Gasteiger partial charge in [0, 0.05) is 30.1 Å². The van der Waals surface area contributed by atoms with Crippen molar-refractivity contribution in [2.24, 2.45) is 11.8 Å². The number of benzene rings is 1. The fraction of sp³-hybridized carbons (Fsp3) is 0.500. The number of ether oxygens (including phenoxy) is 1. The van der Waals surface area contributed by atoms with Gasteiger partial charge in [-0.05, 0) is 49.3 Å². The highest BCUT2D eigenvalue weighted by molar-refractivity contribution is 6.30. The minimum absolute atomic E-state index is 0.0940. The normalized spacial score (nSPS) is 26.7. The molecule has 2 atom stereocenters. The van der Waals surface area contributed by atoms with Crippen molar-refractivity contribution in [2.75, 3.05) is 13.2 Å². The van der Waals surface area contributed by atoms with Gasteiger partial charge in [0.15, 0.2) is 0 Å². The molecule has 2 aliphatic rings. The van der Waals surface area contributed by atoms with Crippen molar-refractivity contribution in [2.45, 2.75) is 31.6 Å². The van der Waals surface area contributed by atoms with Crippen LogP contribution in [-0.4, -0.2) is 19.0 Å². The predicted octanol–water partition coefficient (Wildman–Crippen LogP) is 4.39. The minimum Gasteiger partial charge on any atom is -0.381 e. The van der Waals surface area contributed by atoms with E-state index in [9.17, 15) is 4.79 Å². The summed E-state index contributed by atoms with van der Waals surface area (Å²) in [6, 6.07) is 7.97. The summed E-state index contributed by atoms with van der Waals surface area (Å²) in [4.78, 5) is 12.9. The van der Waals surface area contributed by atoms with Crippen LogP contribution < -0.4 is 0 Å². The van der Waals surface area contributed by atoms with E-state index < -0.39 is 0 Å². The Morgan fingerprint density at radius 3 is 2.67 bits per heavy atom. The summed E-state index contributed by atoms with van der Waals surface area (Å²) in [5.41, 5.74) is 1.19. The largest absolute Gasteiger partial charge is 0.381 e. The second kappa shape index (κ2) is 6.76. The zero-order valence-electron chi connectivity index (χ0n) is 12.1. The van der Waals surface area contributed by atoms with E-state index in [4.69, 9.17) is 16.3 Å². The van der Waals surface area contributed by atoms with E-state index in [0.717, 1.165) is 43.9 Å². The third-order valence-electron chi connectivity index (χ3n) is 4.70. The maximum Gasteiger partial charge on any atom is 0.140 e. The van der Waals surface area contributed by atoms with Crippen molar-refractivity contribution in [1.82, 2.24) is 0 Å². The minimum atomic E-state index is 0.0940. The molecule has 0 aromatic heterocycles. The Kier molecular flexibility index (Phi) is 4.77. The maximum atomic E-state index is 12.9. The smallest absolute Gasteiger partial charge is 0.140 e. The summed E-state index contributed by atoms with van der Waals surface area (Å²) in [7, 11) is 0. The zero-order chi connectivity index (χ0) is 14.7. The lowest BCUT2D eigenvalue weighted by Crippen LogP contribution is -2.33. The molecule has 112 valence electrons. The van der Waals surface area contributed by atoms with Crippen LogP contribution in [0.4, 0.5) is 0 Å². The molecule has 1 aromatic carbocycles. The highest BCUT2D eigenvalue weighted by Gasteiger charge is 2.34. The lowest BCUT2D eigenvalue weighted by molar-refractivity contribution is -0.130. The van der Waals surface area contributed by atoms with E-state index in [1.807, 2.05) is 18.2 Å². The van der Waals surface area contributed by atoms with Crippen LogP contribution in [0.25, 0.3) is 0 Å². The molecule has 1 aliphatic carbocycles. The quantitative estimate of drug-likeness (QED) is 0.774. The second-order valence-corrected chi connectivity index (χ2v) is 6.44. The molecular weight excluding hydrogens is 284 g/mol. The number of rotatable bonds is 3.